The largest absolute Gasteiger partial charge is 0.353 e. The second-order valence-corrected chi connectivity index (χ2v) is 10.8. The summed E-state index contributed by atoms with van der Waals surface area (Å²) in [6.45, 7) is 0. The number of carbonyl (C=O) groups excluding carboxylic acids is 3. The van der Waals surface area contributed by atoms with Gasteiger partial charge in [-0.05, 0) is 51.4 Å². The fraction of sp³-hybridized carbons (Fsp3) is 0.889. The maximum absolute atomic E-state index is 13.1. The first-order chi connectivity index (χ1) is 16.1. The van der Waals surface area contributed by atoms with Crippen molar-refractivity contribution in [3.63, 3.8) is 0 Å². The lowest BCUT2D eigenvalue weighted by atomic mass is 9.92. The first-order valence-electron chi connectivity index (χ1n) is 14.0. The van der Waals surface area contributed by atoms with Crippen LogP contribution in [-0.4, -0.2) is 35.8 Å². The normalized spacial score (nSPS) is 21.8. The monoisotopic (exact) mass is 461 g/mol. The van der Waals surface area contributed by atoms with Crippen molar-refractivity contribution in [1.29, 1.82) is 0 Å². The van der Waals surface area contributed by atoms with Gasteiger partial charge in [0.2, 0.25) is 17.7 Å². The molecule has 0 saturated heterocycles. The molecule has 1 atom stereocenters. The van der Waals surface area contributed by atoms with Crippen LogP contribution in [0.5, 0.6) is 0 Å². The molecule has 3 N–H and O–H groups in total. The van der Waals surface area contributed by atoms with Gasteiger partial charge in [-0.2, -0.15) is 0 Å². The standard InChI is InChI=1S/C27H47N3O3/c31-25(28-22-13-4-1-5-14-22)19-11-10-12-21(27(33)30-24-17-8-3-9-18-24)20-26(32)29-23-15-6-2-7-16-23/h21-24H,1-20H2,(H,28,31)(H,29,32)(H,30,33). The average molecular weight is 462 g/mol. The third-order valence-electron chi connectivity index (χ3n) is 7.90. The minimum absolute atomic E-state index is 0.0146. The molecule has 0 spiro atoms. The molecule has 6 heteroatoms. The van der Waals surface area contributed by atoms with Gasteiger partial charge >= 0.3 is 0 Å². The van der Waals surface area contributed by atoms with Crippen molar-refractivity contribution in [1.82, 2.24) is 16.0 Å². The van der Waals surface area contributed by atoms with Gasteiger partial charge in [0.15, 0.2) is 0 Å². The van der Waals surface area contributed by atoms with Crippen molar-refractivity contribution in [2.45, 2.75) is 147 Å². The number of unbranched alkanes of at least 4 members (excludes halogenated alkanes) is 1. The van der Waals surface area contributed by atoms with E-state index in [1.807, 2.05) is 0 Å². The smallest absolute Gasteiger partial charge is 0.223 e. The van der Waals surface area contributed by atoms with Crippen molar-refractivity contribution in [2.75, 3.05) is 0 Å². The number of hydrogen-bond acceptors (Lipinski definition) is 3. The van der Waals surface area contributed by atoms with Crippen molar-refractivity contribution >= 4 is 17.7 Å². The Balaban J connectivity index is 1.42. The number of nitrogens with one attached hydrogen (secondary N) is 3. The van der Waals surface area contributed by atoms with E-state index in [-0.39, 0.29) is 42.1 Å². The van der Waals surface area contributed by atoms with Gasteiger partial charge < -0.3 is 16.0 Å². The van der Waals surface area contributed by atoms with E-state index in [4.69, 9.17) is 0 Å². The van der Waals surface area contributed by atoms with E-state index in [2.05, 4.69) is 16.0 Å². The maximum atomic E-state index is 13.1. The molecule has 0 heterocycles. The van der Waals surface area contributed by atoms with Crippen LogP contribution in [0.25, 0.3) is 0 Å². The highest BCUT2D eigenvalue weighted by Gasteiger charge is 2.26. The molecule has 188 valence electrons. The van der Waals surface area contributed by atoms with E-state index < -0.39 is 0 Å². The molecule has 3 rings (SSSR count). The van der Waals surface area contributed by atoms with Crippen LogP contribution in [-0.2, 0) is 14.4 Å². The first kappa shape index (κ1) is 26.0. The zero-order valence-electron chi connectivity index (χ0n) is 20.7. The minimum atomic E-state index is -0.295. The number of amides is 3. The van der Waals surface area contributed by atoms with Gasteiger partial charge in [-0.3, -0.25) is 14.4 Å². The predicted molar refractivity (Wildman–Crippen MR) is 132 cm³/mol. The number of rotatable bonds is 11. The second kappa shape index (κ2) is 14.6. The van der Waals surface area contributed by atoms with Gasteiger partial charge in [0, 0.05) is 36.9 Å². The van der Waals surface area contributed by atoms with E-state index in [1.165, 1.54) is 57.8 Å². The topological polar surface area (TPSA) is 87.3 Å². The van der Waals surface area contributed by atoms with Crippen LogP contribution in [0.15, 0.2) is 0 Å². The molecule has 33 heavy (non-hydrogen) atoms. The van der Waals surface area contributed by atoms with Crippen LogP contribution in [0.4, 0.5) is 0 Å². The molecule has 0 radical (unpaired) electrons. The SMILES string of the molecule is O=C(CCCCC(CC(=O)NC1CCCCC1)C(=O)NC1CCCCC1)NC1CCCCC1. The molecule has 0 bridgehead atoms. The van der Waals surface area contributed by atoms with Gasteiger partial charge in [-0.15, -0.1) is 0 Å². The van der Waals surface area contributed by atoms with Crippen molar-refractivity contribution in [3.8, 4) is 0 Å². The van der Waals surface area contributed by atoms with Crippen molar-refractivity contribution in [3.05, 3.63) is 0 Å². The summed E-state index contributed by atoms with van der Waals surface area (Å²) in [5.41, 5.74) is 0. The van der Waals surface area contributed by atoms with Gasteiger partial charge in [-0.1, -0.05) is 64.2 Å². The Kier molecular flexibility index (Phi) is 11.5. The quantitative estimate of drug-likeness (QED) is 0.383. The lowest BCUT2D eigenvalue weighted by Crippen LogP contribution is -2.43. The fourth-order valence-electron chi connectivity index (χ4n) is 5.87. The summed E-state index contributed by atoms with van der Waals surface area (Å²) in [5, 5.41) is 9.59. The van der Waals surface area contributed by atoms with Crippen LogP contribution < -0.4 is 16.0 Å². The maximum Gasteiger partial charge on any atom is 0.223 e. The molecule has 0 aliphatic heterocycles. The molecule has 3 fully saturated rings. The third kappa shape index (κ3) is 10.1. The fourth-order valence-corrected chi connectivity index (χ4v) is 5.87. The van der Waals surface area contributed by atoms with Crippen LogP contribution >= 0.6 is 0 Å². The Morgan fingerprint density at radius 3 is 1.55 bits per heavy atom. The summed E-state index contributed by atoms with van der Waals surface area (Å²) in [4.78, 5) is 38.1. The summed E-state index contributed by atoms with van der Waals surface area (Å²) in [6, 6.07) is 0.886. The highest BCUT2D eigenvalue weighted by Crippen LogP contribution is 2.22. The molecule has 3 amide bonds. The molecule has 6 nitrogen and oxygen atoms in total. The summed E-state index contributed by atoms with van der Waals surface area (Å²) < 4.78 is 0. The van der Waals surface area contributed by atoms with Gasteiger partial charge in [-0.25, -0.2) is 0 Å². The summed E-state index contributed by atoms with van der Waals surface area (Å²) >= 11 is 0. The van der Waals surface area contributed by atoms with E-state index in [1.54, 1.807) is 0 Å². The highest BCUT2D eigenvalue weighted by molar-refractivity contribution is 5.86. The number of carbonyl (C=O) groups is 3. The molecule has 0 aromatic rings. The van der Waals surface area contributed by atoms with Crippen LogP contribution in [0, 0.1) is 5.92 Å². The Bertz CT molecular complexity index is 606. The summed E-state index contributed by atoms with van der Waals surface area (Å²) in [6.07, 6.45) is 20.4. The zero-order chi connectivity index (χ0) is 23.3. The molecule has 0 aromatic carbocycles. The van der Waals surface area contributed by atoms with Gasteiger partial charge in [0.05, 0.1) is 0 Å². The Labute approximate surface area is 200 Å². The summed E-state index contributed by atoms with van der Waals surface area (Å²) in [5.74, 6) is -0.106. The van der Waals surface area contributed by atoms with Gasteiger partial charge in [0.25, 0.3) is 0 Å². The van der Waals surface area contributed by atoms with Gasteiger partial charge in [0.1, 0.15) is 0 Å². The van der Waals surface area contributed by atoms with E-state index in [0.29, 0.717) is 18.9 Å². The van der Waals surface area contributed by atoms with Crippen LogP contribution in [0.3, 0.4) is 0 Å². The second-order valence-electron chi connectivity index (χ2n) is 10.8. The Morgan fingerprint density at radius 2 is 1.03 bits per heavy atom. The molecular weight excluding hydrogens is 414 g/mol. The molecule has 1 unspecified atom stereocenters. The lowest BCUT2D eigenvalue weighted by Gasteiger charge is -2.27. The predicted octanol–water partition coefficient (Wildman–Crippen LogP) is 4.90. The first-order valence-corrected chi connectivity index (χ1v) is 14.0. The van der Waals surface area contributed by atoms with Crippen LogP contribution in [0.1, 0.15) is 128 Å². The lowest BCUT2D eigenvalue weighted by molar-refractivity contribution is -0.131. The Morgan fingerprint density at radius 1 is 0.576 bits per heavy atom. The number of hydrogen-bond donors (Lipinski definition) is 3. The molecule has 0 aromatic heterocycles. The van der Waals surface area contributed by atoms with E-state index in [9.17, 15) is 14.4 Å². The van der Waals surface area contributed by atoms with E-state index in [0.717, 1.165) is 51.4 Å². The molecule has 3 aliphatic carbocycles. The summed E-state index contributed by atoms with van der Waals surface area (Å²) in [7, 11) is 0. The highest BCUT2D eigenvalue weighted by atomic mass is 16.2. The molecular formula is C27H47N3O3. The van der Waals surface area contributed by atoms with Crippen molar-refractivity contribution in [2.24, 2.45) is 5.92 Å². The third-order valence-corrected chi connectivity index (χ3v) is 7.90. The van der Waals surface area contributed by atoms with Crippen LogP contribution in [0.2, 0.25) is 0 Å². The minimum Gasteiger partial charge on any atom is -0.353 e. The molecule has 3 saturated carbocycles. The van der Waals surface area contributed by atoms with E-state index >= 15 is 0 Å². The zero-order valence-corrected chi connectivity index (χ0v) is 20.7. The average Bonchev–Trinajstić information content (AvgIpc) is 2.83. The Hall–Kier alpha value is -1.59. The molecule has 3 aliphatic rings. The van der Waals surface area contributed by atoms with Crippen molar-refractivity contribution < 1.29 is 14.4 Å².